The number of carbonyl (C=O) groups excluding carboxylic acids is 2. The van der Waals surface area contributed by atoms with Gasteiger partial charge in [-0.05, 0) is 111 Å². The molecule has 1 aromatic heterocycles. The monoisotopic (exact) mass is 714 g/mol. The van der Waals surface area contributed by atoms with E-state index in [1.165, 1.54) is 48.5 Å². The Morgan fingerprint density at radius 2 is 1.86 bits per heavy atom. The Labute approximate surface area is 304 Å². The molecule has 6 atom stereocenters. The number of nitrogens with zero attached hydrogens (tertiary/aromatic N) is 1. The van der Waals surface area contributed by atoms with Gasteiger partial charge in [0.15, 0.2) is 0 Å². The second-order valence-corrected chi connectivity index (χ2v) is 18.8. The number of ether oxygens (including phenoxy) is 2. The molecule has 1 saturated heterocycles. The number of cyclic esters (lactones) is 1. The number of carbonyl (C=O) groups is 2. The molecule has 4 heterocycles. The number of hydrogen-bond donors (Lipinski definition) is 2. The predicted molar refractivity (Wildman–Crippen MR) is 197 cm³/mol. The summed E-state index contributed by atoms with van der Waals surface area (Å²) >= 11 is 0. The van der Waals surface area contributed by atoms with Crippen LogP contribution < -0.4 is 5.32 Å². The van der Waals surface area contributed by atoms with Crippen molar-refractivity contribution in [3.8, 4) is 0 Å². The van der Waals surface area contributed by atoms with Gasteiger partial charge in [0, 0.05) is 29.2 Å². The Morgan fingerprint density at radius 3 is 2.68 bits per heavy atom. The molecule has 0 radical (unpaired) electrons. The minimum atomic E-state index is -0.688. The zero-order valence-electron chi connectivity index (χ0n) is 29.2. The molecule has 1 aromatic rings. The van der Waals surface area contributed by atoms with Crippen molar-refractivity contribution in [3.05, 3.63) is 69.9 Å². The minimum Gasteiger partial charge on any atom is -0.427 e. The molecule has 266 valence electrons. The number of aromatic nitrogens is 1. The number of nitrogens with one attached hydrogen (secondary N) is 1. The molecule has 4 fully saturated rings. The van der Waals surface area contributed by atoms with Crippen molar-refractivity contribution in [2.75, 3.05) is 11.2 Å². The number of aliphatic hydroxyl groups is 1. The lowest BCUT2D eigenvalue weighted by atomic mass is 9.44. The summed E-state index contributed by atoms with van der Waals surface area (Å²) in [5.41, 5.74) is 3.90. The van der Waals surface area contributed by atoms with Crippen LogP contribution in [-0.2, 0) is 25.5 Å². The first-order valence-electron chi connectivity index (χ1n) is 19.4. The maximum atomic E-state index is 14.4. The summed E-state index contributed by atoms with van der Waals surface area (Å²) in [5, 5.41) is 15.2. The number of rotatable bonds is 3. The highest BCUT2D eigenvalue weighted by Crippen LogP contribution is 2.71. The van der Waals surface area contributed by atoms with E-state index in [1.807, 2.05) is 6.20 Å². The molecule has 1 spiro atoms. The van der Waals surface area contributed by atoms with E-state index in [2.05, 4.69) is 41.5 Å². The van der Waals surface area contributed by atoms with Crippen LogP contribution in [0.4, 0.5) is 5.82 Å². The minimum absolute atomic E-state index is 0.0525. The molecule has 7 nitrogen and oxygen atoms in total. The van der Waals surface area contributed by atoms with E-state index in [1.54, 1.807) is 10.8 Å². The first kappa shape index (κ1) is 33.4. The molecule has 6 aliphatic carbocycles. The fourth-order valence-electron chi connectivity index (χ4n) is 11.7. The summed E-state index contributed by atoms with van der Waals surface area (Å²) in [6.07, 6.45) is 22.9. The zero-order valence-corrected chi connectivity index (χ0v) is 30.8. The van der Waals surface area contributed by atoms with Crippen molar-refractivity contribution >= 4 is 39.3 Å². The Bertz CT molecular complexity index is 1700. The van der Waals surface area contributed by atoms with Crippen LogP contribution in [0.25, 0.3) is 0 Å². The topological polar surface area (TPSA) is 97.8 Å². The first-order valence-corrected chi connectivity index (χ1v) is 21.8. The summed E-state index contributed by atoms with van der Waals surface area (Å²) in [6, 6.07) is 4.17. The Hall–Kier alpha value is -2.49. The second kappa shape index (κ2) is 13.2. The van der Waals surface area contributed by atoms with E-state index in [9.17, 15) is 14.7 Å². The molecule has 6 unspecified atom stereocenters. The molecular weight excluding hydrogens is 665 g/mol. The molecule has 0 aromatic carbocycles. The van der Waals surface area contributed by atoms with Gasteiger partial charge in [-0.2, -0.15) is 0 Å². The van der Waals surface area contributed by atoms with E-state index in [0.717, 1.165) is 97.4 Å². The van der Waals surface area contributed by atoms with Gasteiger partial charge in [-0.25, -0.2) is 14.6 Å². The lowest BCUT2D eigenvalue weighted by Gasteiger charge is -2.56. The van der Waals surface area contributed by atoms with Crippen LogP contribution in [0, 0.1) is 40.4 Å². The summed E-state index contributed by atoms with van der Waals surface area (Å²) in [7, 11) is 3.17. The van der Waals surface area contributed by atoms with Crippen molar-refractivity contribution in [3.63, 3.8) is 0 Å². The van der Waals surface area contributed by atoms with Gasteiger partial charge in [0.25, 0.3) is 0 Å². The Morgan fingerprint density at radius 1 is 1.02 bits per heavy atom. The average molecular weight is 715 g/mol. The number of aliphatic hydroxyl groups excluding tert-OH is 1. The van der Waals surface area contributed by atoms with Crippen molar-refractivity contribution in [2.45, 2.75) is 115 Å². The number of hydrogen-bond acceptors (Lipinski definition) is 9. The number of allylic oxidation sites excluding steroid dienone is 5. The number of pyridine rings is 1. The lowest BCUT2D eigenvalue weighted by molar-refractivity contribution is -0.135. The molecule has 9 heteroatoms. The van der Waals surface area contributed by atoms with Crippen LogP contribution in [0.3, 0.4) is 0 Å². The maximum Gasteiger partial charge on any atom is 0.340 e. The zero-order chi connectivity index (χ0) is 34.0. The molecule has 7 bridgehead atoms. The van der Waals surface area contributed by atoms with Crippen molar-refractivity contribution < 1.29 is 24.2 Å². The van der Waals surface area contributed by atoms with Crippen molar-refractivity contribution in [2.24, 2.45) is 40.4 Å². The Balaban J connectivity index is 1.20. The van der Waals surface area contributed by atoms with Crippen LogP contribution in [0.15, 0.2) is 64.3 Å². The molecule has 3 saturated carbocycles. The molecule has 10 rings (SSSR count). The fraction of sp³-hybridized carbons (Fsp3) is 0.634. The highest BCUT2D eigenvalue weighted by Gasteiger charge is 2.68. The van der Waals surface area contributed by atoms with Gasteiger partial charge in [0.05, 0.1) is 16.9 Å². The summed E-state index contributed by atoms with van der Waals surface area (Å²) < 4.78 is 12.7. The van der Waals surface area contributed by atoms with Gasteiger partial charge < -0.3 is 19.9 Å². The van der Waals surface area contributed by atoms with Gasteiger partial charge >= 0.3 is 11.9 Å². The third kappa shape index (κ3) is 5.38. The van der Waals surface area contributed by atoms with Crippen LogP contribution in [0.1, 0.15) is 109 Å². The van der Waals surface area contributed by atoms with Crippen LogP contribution >= 0.6 is 21.6 Å². The number of anilines is 1. The van der Waals surface area contributed by atoms with Gasteiger partial charge in [0.1, 0.15) is 22.8 Å². The largest absolute Gasteiger partial charge is 0.427 e. The molecule has 0 amide bonds. The fourth-order valence-corrected chi connectivity index (χ4v) is 13.8. The normalized spacial score (nSPS) is 36.2. The van der Waals surface area contributed by atoms with Crippen LogP contribution in [-0.4, -0.2) is 33.3 Å². The molecule has 9 aliphatic rings. The van der Waals surface area contributed by atoms with E-state index >= 15 is 0 Å². The molecule has 2 N–H and O–H groups in total. The van der Waals surface area contributed by atoms with E-state index in [-0.39, 0.29) is 41.0 Å². The first-order chi connectivity index (χ1) is 24.4. The molecule has 3 aliphatic heterocycles. The number of fused-ring (bicyclic) bond motifs is 3. The van der Waals surface area contributed by atoms with Gasteiger partial charge in [-0.1, -0.05) is 79.0 Å². The van der Waals surface area contributed by atoms with Gasteiger partial charge in [-0.15, -0.1) is 0 Å². The second-order valence-electron chi connectivity index (χ2n) is 16.3. The Kier molecular flexibility index (Phi) is 8.79. The van der Waals surface area contributed by atoms with Crippen LogP contribution in [0.5, 0.6) is 0 Å². The summed E-state index contributed by atoms with van der Waals surface area (Å²) in [6.45, 7) is 2.26. The van der Waals surface area contributed by atoms with Crippen molar-refractivity contribution in [1.82, 2.24) is 4.98 Å². The molecular formula is C41H50N2O5S2. The van der Waals surface area contributed by atoms with Crippen LogP contribution in [0.2, 0.25) is 0 Å². The van der Waals surface area contributed by atoms with E-state index in [4.69, 9.17) is 9.47 Å². The predicted octanol–water partition coefficient (Wildman–Crippen LogP) is 9.17. The average Bonchev–Trinajstić information content (AvgIpc) is 3.82. The standard InChI is InChI=1S/C41H50N2O5S2/c1-2-40(16-6-7-17-40)22-31-29-11-10-28-27-14-18-41(35(28)34(29)37(44)47-31)32-13-12-26(25-8-4-3-5-9-25)39(46)50-49-23-43-33-21-24(15-19-42-33)20-30(27)36(41)38(45)48-32/h13,15,19,21-22,25-28,35,39,46H,2-12,14,16-18,20,23H2,1H3,(H,42,43). The summed E-state index contributed by atoms with van der Waals surface area (Å²) in [5.74, 6) is 3.32. The van der Waals surface area contributed by atoms with E-state index < -0.39 is 10.9 Å². The van der Waals surface area contributed by atoms with Crippen molar-refractivity contribution in [1.29, 1.82) is 0 Å². The SMILES string of the molecule is CCC1(C=C2OC(=O)C3=C2CCC2C4CCC5(C6=CCC(C7CCCCC7)C(O)SSCNc7cc(ccn7)CC4=C5C(=O)O6)C32)CCCC1. The van der Waals surface area contributed by atoms with Gasteiger partial charge in [-0.3, -0.25) is 0 Å². The smallest absolute Gasteiger partial charge is 0.340 e. The lowest BCUT2D eigenvalue weighted by Crippen LogP contribution is -2.52. The third-order valence-corrected chi connectivity index (χ3v) is 16.4. The third-order valence-electron chi connectivity index (χ3n) is 14.1. The van der Waals surface area contributed by atoms with E-state index in [0.29, 0.717) is 24.6 Å². The van der Waals surface area contributed by atoms with Gasteiger partial charge in [0.2, 0.25) is 0 Å². The summed E-state index contributed by atoms with van der Waals surface area (Å²) in [4.78, 5) is 33.2. The maximum absolute atomic E-state index is 14.4. The molecule has 50 heavy (non-hydrogen) atoms. The highest BCUT2D eigenvalue weighted by molar-refractivity contribution is 8.76. The highest BCUT2D eigenvalue weighted by atomic mass is 33.1. The number of esters is 2. The quantitative estimate of drug-likeness (QED) is 0.235.